The molecule has 0 bridgehead atoms. The zero-order valence-corrected chi connectivity index (χ0v) is 32.2. The first-order valence-corrected chi connectivity index (χ1v) is 21.2. The second-order valence-electron chi connectivity index (χ2n) is 14.3. The fourth-order valence-electron chi connectivity index (χ4n) is 6.30. The van der Waals surface area contributed by atoms with E-state index in [1.807, 2.05) is 12.2 Å². The van der Waals surface area contributed by atoms with Gasteiger partial charge in [-0.1, -0.05) is 135 Å². The van der Waals surface area contributed by atoms with Crippen molar-refractivity contribution in [2.45, 2.75) is 210 Å². The van der Waals surface area contributed by atoms with Crippen LogP contribution >= 0.6 is 7.82 Å². The van der Waals surface area contributed by atoms with E-state index in [0.717, 1.165) is 51.4 Å². The number of aliphatic hydroxyl groups excluding tert-OH is 7. The van der Waals surface area contributed by atoms with E-state index in [9.17, 15) is 50.0 Å². The van der Waals surface area contributed by atoms with E-state index in [1.54, 1.807) is 0 Å². The Hall–Kier alpha value is -0.960. The molecule has 0 aromatic heterocycles. The molecule has 0 heterocycles. The van der Waals surface area contributed by atoms with Crippen LogP contribution in [0.2, 0.25) is 0 Å². The van der Waals surface area contributed by atoms with Crippen LogP contribution in [0.15, 0.2) is 12.2 Å². The highest BCUT2D eigenvalue weighted by molar-refractivity contribution is 7.47. The van der Waals surface area contributed by atoms with Crippen LogP contribution in [0.3, 0.4) is 0 Å². The monoisotopic (exact) mass is 753 g/mol. The summed E-state index contributed by atoms with van der Waals surface area (Å²) in [5.41, 5.74) is 0. The number of carbonyl (C=O) groups is 1. The SMILES string of the molecule is CCCCCC/C=C\CC(O)CC(=O)NC(COP(=O)(O)OC1C(O)C(O)C(O)C(O)C1O)C(O)CCCCCCCCCCCCCCCC. The second kappa shape index (κ2) is 28.5. The van der Waals surface area contributed by atoms with Crippen LogP contribution in [0.1, 0.15) is 155 Å². The van der Waals surface area contributed by atoms with Crippen molar-refractivity contribution in [1.29, 1.82) is 0 Å². The molecule has 0 spiro atoms. The lowest BCUT2D eigenvalue weighted by molar-refractivity contribution is -0.220. The fourth-order valence-corrected chi connectivity index (χ4v) is 7.27. The molecule has 1 amide bonds. The smallest absolute Gasteiger partial charge is 0.392 e. The lowest BCUT2D eigenvalue weighted by atomic mass is 9.85. The number of unbranched alkanes of at least 4 members (excludes halogenated alkanes) is 17. The predicted molar refractivity (Wildman–Crippen MR) is 197 cm³/mol. The largest absolute Gasteiger partial charge is 0.472 e. The van der Waals surface area contributed by atoms with Gasteiger partial charge in [0.15, 0.2) is 0 Å². The maximum Gasteiger partial charge on any atom is 0.472 e. The minimum Gasteiger partial charge on any atom is -0.392 e. The van der Waals surface area contributed by atoms with Gasteiger partial charge in [-0.3, -0.25) is 13.8 Å². The van der Waals surface area contributed by atoms with E-state index in [2.05, 4.69) is 19.2 Å². The van der Waals surface area contributed by atoms with Crippen LogP contribution in [0, 0.1) is 0 Å². The molecular weight excluding hydrogens is 681 g/mol. The average Bonchev–Trinajstić information content (AvgIpc) is 3.09. The van der Waals surface area contributed by atoms with E-state index in [-0.39, 0.29) is 19.3 Å². The highest BCUT2D eigenvalue weighted by atomic mass is 31.2. The Morgan fingerprint density at radius 2 is 1.14 bits per heavy atom. The molecule has 8 unspecified atom stereocenters. The fraction of sp³-hybridized carbons (Fsp3) is 0.919. The van der Waals surface area contributed by atoms with Crippen LogP contribution in [0.5, 0.6) is 0 Å². The highest BCUT2D eigenvalue weighted by Crippen LogP contribution is 2.47. The van der Waals surface area contributed by atoms with Crippen molar-refractivity contribution < 1.29 is 59.0 Å². The van der Waals surface area contributed by atoms with Crippen LogP contribution in [0.25, 0.3) is 0 Å². The number of aliphatic hydroxyl groups is 7. The average molecular weight is 754 g/mol. The molecule has 9 N–H and O–H groups in total. The lowest BCUT2D eigenvalue weighted by Crippen LogP contribution is -2.64. The molecule has 14 heteroatoms. The predicted octanol–water partition coefficient (Wildman–Crippen LogP) is 4.69. The first-order chi connectivity index (χ1) is 24.3. The molecule has 1 rings (SSSR count). The number of hydrogen-bond donors (Lipinski definition) is 9. The number of carbonyl (C=O) groups excluding carboxylic acids is 1. The molecule has 8 atom stereocenters. The van der Waals surface area contributed by atoms with Crippen LogP contribution < -0.4 is 5.32 Å². The van der Waals surface area contributed by atoms with Gasteiger partial charge in [-0.25, -0.2) is 4.57 Å². The van der Waals surface area contributed by atoms with Gasteiger partial charge in [-0.15, -0.1) is 0 Å². The van der Waals surface area contributed by atoms with Crippen LogP contribution in [-0.4, -0.2) is 108 Å². The molecule has 1 aliphatic carbocycles. The molecule has 302 valence electrons. The number of phosphoric acid groups is 1. The van der Waals surface area contributed by atoms with Gasteiger partial charge in [-0.05, 0) is 25.7 Å². The molecule has 13 nitrogen and oxygen atoms in total. The Bertz CT molecular complexity index is 943. The van der Waals surface area contributed by atoms with Crippen molar-refractivity contribution in [3.8, 4) is 0 Å². The topological polar surface area (TPSA) is 226 Å². The molecule has 0 aromatic carbocycles. The van der Waals surface area contributed by atoms with Crippen LogP contribution in [-0.2, 0) is 18.4 Å². The van der Waals surface area contributed by atoms with Crippen molar-refractivity contribution in [3.63, 3.8) is 0 Å². The van der Waals surface area contributed by atoms with E-state index < -0.39 is 75.2 Å². The van der Waals surface area contributed by atoms with E-state index in [1.165, 1.54) is 64.2 Å². The Morgan fingerprint density at radius 3 is 1.65 bits per heavy atom. The van der Waals surface area contributed by atoms with Gasteiger partial charge in [0.2, 0.25) is 5.91 Å². The highest BCUT2D eigenvalue weighted by Gasteiger charge is 2.51. The van der Waals surface area contributed by atoms with E-state index >= 15 is 0 Å². The number of allylic oxidation sites excluding steroid dienone is 1. The summed E-state index contributed by atoms with van der Waals surface area (Å²) in [4.78, 5) is 23.2. The van der Waals surface area contributed by atoms with Crippen molar-refractivity contribution in [2.24, 2.45) is 0 Å². The van der Waals surface area contributed by atoms with Crippen molar-refractivity contribution in [2.75, 3.05) is 6.61 Å². The first kappa shape index (κ1) is 48.1. The molecule has 1 aliphatic rings. The maximum absolute atomic E-state index is 12.8. The summed E-state index contributed by atoms with van der Waals surface area (Å²) in [5.74, 6) is -0.598. The van der Waals surface area contributed by atoms with Crippen molar-refractivity contribution in [3.05, 3.63) is 12.2 Å². The summed E-state index contributed by atoms with van der Waals surface area (Å²) >= 11 is 0. The third-order valence-corrected chi connectivity index (χ3v) is 10.6. The molecule has 1 fully saturated rings. The molecule has 1 saturated carbocycles. The number of phosphoric ester groups is 1. The molecule has 0 radical (unpaired) electrons. The number of amides is 1. The van der Waals surface area contributed by atoms with Gasteiger partial charge in [0.25, 0.3) is 0 Å². The molecule has 0 saturated heterocycles. The van der Waals surface area contributed by atoms with Gasteiger partial charge >= 0.3 is 7.82 Å². The lowest BCUT2D eigenvalue weighted by Gasteiger charge is -2.41. The Balaban J connectivity index is 2.63. The van der Waals surface area contributed by atoms with Crippen molar-refractivity contribution in [1.82, 2.24) is 5.32 Å². The zero-order chi connectivity index (χ0) is 38.1. The Kier molecular flexibility index (Phi) is 26.8. The van der Waals surface area contributed by atoms with Crippen LogP contribution in [0.4, 0.5) is 0 Å². The summed E-state index contributed by atoms with van der Waals surface area (Å²) in [6, 6.07) is -1.16. The summed E-state index contributed by atoms with van der Waals surface area (Å²) in [5, 5.41) is 74.0. The van der Waals surface area contributed by atoms with E-state index in [4.69, 9.17) is 9.05 Å². The quantitative estimate of drug-likeness (QED) is 0.0267. The van der Waals surface area contributed by atoms with Gasteiger partial charge in [0.05, 0.1) is 31.3 Å². The van der Waals surface area contributed by atoms with Crippen molar-refractivity contribution >= 4 is 13.7 Å². The molecule has 0 aliphatic heterocycles. The maximum atomic E-state index is 12.8. The summed E-state index contributed by atoms with van der Waals surface area (Å²) in [6.07, 6.45) is 11.7. The Morgan fingerprint density at radius 1 is 0.686 bits per heavy atom. The second-order valence-corrected chi connectivity index (χ2v) is 15.7. The minimum absolute atomic E-state index is 0.266. The number of hydrogen-bond acceptors (Lipinski definition) is 11. The summed E-state index contributed by atoms with van der Waals surface area (Å²) < 4.78 is 22.7. The first-order valence-electron chi connectivity index (χ1n) is 19.7. The number of nitrogens with one attached hydrogen (secondary N) is 1. The third-order valence-electron chi connectivity index (χ3n) is 9.63. The minimum atomic E-state index is -5.11. The van der Waals surface area contributed by atoms with Gasteiger partial charge in [0, 0.05) is 0 Å². The third kappa shape index (κ3) is 21.5. The molecular formula is C37H72NO12P. The van der Waals surface area contributed by atoms with Gasteiger partial charge < -0.3 is 46.0 Å². The zero-order valence-electron chi connectivity index (χ0n) is 31.3. The van der Waals surface area contributed by atoms with Gasteiger partial charge in [0.1, 0.15) is 36.6 Å². The molecule has 0 aromatic rings. The van der Waals surface area contributed by atoms with Gasteiger partial charge in [-0.2, -0.15) is 0 Å². The standard InChI is InChI=1S/C37H72NO12P/c1-3-5-7-9-11-12-13-14-15-16-17-19-21-23-25-30(40)29(38-31(41)26-28(39)24-22-20-18-10-8-6-4-2)27-49-51(47,48)50-37-35(45)33(43)32(42)34(44)36(37)46/h20,22,28-30,32-37,39-40,42-46H,3-19,21,23-27H2,1-2H3,(H,38,41)(H,47,48)/b22-20-. The van der Waals surface area contributed by atoms with E-state index in [0.29, 0.717) is 6.42 Å². The Labute approximate surface area is 306 Å². The normalized spacial score (nSPS) is 25.5. The summed E-state index contributed by atoms with van der Waals surface area (Å²) in [7, 11) is -5.11. The summed E-state index contributed by atoms with van der Waals surface area (Å²) in [6.45, 7) is 3.67. The number of rotatable bonds is 31. The molecule has 51 heavy (non-hydrogen) atoms.